The number of rotatable bonds is 2. The van der Waals surface area contributed by atoms with Crippen LogP contribution in [-0.4, -0.2) is 20.3 Å². The van der Waals surface area contributed by atoms with E-state index in [0.29, 0.717) is 24.0 Å². The predicted octanol–water partition coefficient (Wildman–Crippen LogP) is 2.14. The summed E-state index contributed by atoms with van der Waals surface area (Å²) in [4.78, 5) is 0. The first kappa shape index (κ1) is 10.6. The van der Waals surface area contributed by atoms with Gasteiger partial charge in [0, 0.05) is 6.54 Å². The Morgan fingerprint density at radius 3 is 2.67 bits per heavy atom. The highest BCUT2D eigenvalue weighted by atomic mass is 35.5. The molecule has 82 valence electrons. The van der Waals surface area contributed by atoms with E-state index < -0.39 is 0 Å². The zero-order valence-electron chi connectivity index (χ0n) is 8.89. The molecule has 1 aliphatic rings. The summed E-state index contributed by atoms with van der Waals surface area (Å²) in [6.45, 7) is 3.96. The lowest BCUT2D eigenvalue weighted by atomic mass is 10.1. The highest BCUT2D eigenvalue weighted by Crippen LogP contribution is 2.41. The zero-order valence-corrected chi connectivity index (χ0v) is 9.65. The summed E-state index contributed by atoms with van der Waals surface area (Å²) in [5, 5.41) is 3.73. The summed E-state index contributed by atoms with van der Waals surface area (Å²) in [5.41, 5.74) is 2.25. The van der Waals surface area contributed by atoms with Gasteiger partial charge in [-0.3, -0.25) is 0 Å². The van der Waals surface area contributed by atoms with Crippen molar-refractivity contribution in [2.45, 2.75) is 13.5 Å². The minimum absolute atomic E-state index is 0.567. The maximum Gasteiger partial charge on any atom is 0.180 e. The van der Waals surface area contributed by atoms with Gasteiger partial charge in [0.15, 0.2) is 11.5 Å². The minimum Gasteiger partial charge on any atom is -0.486 e. The summed E-state index contributed by atoms with van der Waals surface area (Å²) < 4.78 is 11.1. The number of fused-ring (bicyclic) bond motifs is 1. The molecular formula is C11H14ClNO2. The first-order valence-corrected chi connectivity index (χ1v) is 5.34. The Hall–Kier alpha value is -0.930. The van der Waals surface area contributed by atoms with Crippen LogP contribution in [0, 0.1) is 6.92 Å². The van der Waals surface area contributed by atoms with Crippen molar-refractivity contribution in [2.75, 3.05) is 20.3 Å². The molecule has 1 aromatic rings. The summed E-state index contributed by atoms with van der Waals surface area (Å²) >= 11 is 6.12. The lowest BCUT2D eigenvalue weighted by molar-refractivity contribution is 0.170. The molecule has 0 bridgehead atoms. The topological polar surface area (TPSA) is 30.5 Å². The molecule has 0 amide bonds. The van der Waals surface area contributed by atoms with Gasteiger partial charge in [-0.25, -0.2) is 0 Å². The molecule has 1 aromatic carbocycles. The Bertz CT molecular complexity index is 379. The van der Waals surface area contributed by atoms with Crippen LogP contribution in [0.3, 0.4) is 0 Å². The lowest BCUT2D eigenvalue weighted by Gasteiger charge is -2.22. The van der Waals surface area contributed by atoms with Gasteiger partial charge in [-0.05, 0) is 31.2 Å². The van der Waals surface area contributed by atoms with Gasteiger partial charge in [-0.15, -0.1) is 0 Å². The number of hydrogen-bond acceptors (Lipinski definition) is 3. The van der Waals surface area contributed by atoms with Crippen molar-refractivity contribution >= 4 is 11.6 Å². The van der Waals surface area contributed by atoms with Gasteiger partial charge in [0.2, 0.25) is 0 Å². The molecule has 0 atom stereocenters. The predicted molar refractivity (Wildman–Crippen MR) is 59.9 cm³/mol. The highest BCUT2D eigenvalue weighted by Gasteiger charge is 2.20. The Kier molecular flexibility index (Phi) is 3.03. The molecule has 0 saturated heterocycles. The maximum atomic E-state index is 6.12. The summed E-state index contributed by atoms with van der Waals surface area (Å²) in [7, 11) is 1.91. The first-order valence-electron chi connectivity index (χ1n) is 4.96. The number of hydrogen-bond donors (Lipinski definition) is 1. The Morgan fingerprint density at radius 1 is 1.33 bits per heavy atom. The third-order valence-corrected chi connectivity index (χ3v) is 2.77. The van der Waals surface area contributed by atoms with Crippen LogP contribution < -0.4 is 14.8 Å². The molecule has 15 heavy (non-hydrogen) atoms. The summed E-state index contributed by atoms with van der Waals surface area (Å²) in [6.07, 6.45) is 0. The van der Waals surface area contributed by atoms with Crippen LogP contribution in [0.2, 0.25) is 5.02 Å². The third kappa shape index (κ3) is 1.90. The van der Waals surface area contributed by atoms with Crippen molar-refractivity contribution in [3.05, 3.63) is 22.2 Å². The molecule has 4 heteroatoms. The van der Waals surface area contributed by atoms with E-state index in [1.54, 1.807) is 0 Å². The minimum atomic E-state index is 0.567. The van der Waals surface area contributed by atoms with Crippen molar-refractivity contribution in [1.29, 1.82) is 0 Å². The summed E-state index contributed by atoms with van der Waals surface area (Å²) in [5.74, 6) is 1.47. The van der Waals surface area contributed by atoms with Gasteiger partial charge < -0.3 is 14.8 Å². The van der Waals surface area contributed by atoms with Crippen LogP contribution in [0.4, 0.5) is 0 Å². The van der Waals surface area contributed by atoms with Crippen molar-refractivity contribution < 1.29 is 9.47 Å². The van der Waals surface area contributed by atoms with Crippen LogP contribution >= 0.6 is 11.6 Å². The van der Waals surface area contributed by atoms with Gasteiger partial charge in [0.05, 0.1) is 5.02 Å². The van der Waals surface area contributed by atoms with Crippen LogP contribution in [0.5, 0.6) is 11.5 Å². The second-order valence-electron chi connectivity index (χ2n) is 3.53. The Labute approximate surface area is 94.3 Å². The van der Waals surface area contributed by atoms with E-state index in [4.69, 9.17) is 21.1 Å². The second-order valence-corrected chi connectivity index (χ2v) is 3.94. The smallest absolute Gasteiger partial charge is 0.180 e. The normalized spacial score (nSPS) is 14.1. The molecule has 0 aliphatic carbocycles. The largest absolute Gasteiger partial charge is 0.486 e. The van der Waals surface area contributed by atoms with Gasteiger partial charge in [-0.1, -0.05) is 11.6 Å². The molecule has 2 rings (SSSR count). The van der Waals surface area contributed by atoms with Gasteiger partial charge in [0.25, 0.3) is 0 Å². The lowest BCUT2D eigenvalue weighted by Crippen LogP contribution is -2.18. The molecule has 0 unspecified atom stereocenters. The fraction of sp³-hybridized carbons (Fsp3) is 0.455. The molecule has 1 heterocycles. The quantitative estimate of drug-likeness (QED) is 0.840. The average Bonchev–Trinajstić information content (AvgIpc) is 2.26. The monoisotopic (exact) mass is 227 g/mol. The van der Waals surface area contributed by atoms with Crippen molar-refractivity contribution in [2.24, 2.45) is 0 Å². The van der Waals surface area contributed by atoms with Crippen molar-refractivity contribution in [1.82, 2.24) is 5.32 Å². The van der Waals surface area contributed by atoms with E-state index >= 15 is 0 Å². The standard InChI is InChI=1S/C11H14ClNO2/c1-7-8(6-13-2)5-9(12)11-10(7)14-3-4-15-11/h5,13H,3-4,6H2,1-2H3. The summed E-state index contributed by atoms with van der Waals surface area (Å²) in [6, 6.07) is 1.93. The zero-order chi connectivity index (χ0) is 10.8. The molecule has 1 aliphatic heterocycles. The number of halogens is 1. The van der Waals surface area contributed by atoms with Crippen molar-refractivity contribution in [3.8, 4) is 11.5 Å². The third-order valence-electron chi connectivity index (χ3n) is 2.49. The van der Waals surface area contributed by atoms with E-state index in [9.17, 15) is 0 Å². The Morgan fingerprint density at radius 2 is 2.00 bits per heavy atom. The van der Waals surface area contributed by atoms with E-state index in [2.05, 4.69) is 5.32 Å². The van der Waals surface area contributed by atoms with E-state index in [0.717, 1.165) is 23.4 Å². The number of ether oxygens (including phenoxy) is 2. The van der Waals surface area contributed by atoms with E-state index in [-0.39, 0.29) is 0 Å². The molecule has 0 fully saturated rings. The van der Waals surface area contributed by atoms with Crippen LogP contribution in [0.1, 0.15) is 11.1 Å². The van der Waals surface area contributed by atoms with Gasteiger partial charge >= 0.3 is 0 Å². The molecule has 1 N–H and O–H groups in total. The maximum absolute atomic E-state index is 6.12. The molecule has 0 spiro atoms. The second kappa shape index (κ2) is 4.29. The van der Waals surface area contributed by atoms with Crippen molar-refractivity contribution in [3.63, 3.8) is 0 Å². The SMILES string of the molecule is CNCc1cc(Cl)c2c(c1C)OCCO2. The van der Waals surface area contributed by atoms with Gasteiger partial charge in [-0.2, -0.15) is 0 Å². The van der Waals surface area contributed by atoms with E-state index in [1.807, 2.05) is 20.0 Å². The number of benzene rings is 1. The van der Waals surface area contributed by atoms with E-state index in [1.165, 1.54) is 0 Å². The molecule has 0 aromatic heterocycles. The van der Waals surface area contributed by atoms with Gasteiger partial charge in [0.1, 0.15) is 13.2 Å². The molecule has 3 nitrogen and oxygen atoms in total. The fourth-order valence-electron chi connectivity index (χ4n) is 1.72. The molecular weight excluding hydrogens is 214 g/mol. The fourth-order valence-corrected chi connectivity index (χ4v) is 1.99. The first-order chi connectivity index (χ1) is 7.24. The number of nitrogens with one attached hydrogen (secondary N) is 1. The average molecular weight is 228 g/mol. The molecule has 0 radical (unpaired) electrons. The van der Waals surface area contributed by atoms with Crippen LogP contribution in [0.25, 0.3) is 0 Å². The molecule has 0 saturated carbocycles. The van der Waals surface area contributed by atoms with Crippen LogP contribution in [-0.2, 0) is 6.54 Å². The van der Waals surface area contributed by atoms with Crippen LogP contribution in [0.15, 0.2) is 6.07 Å². The highest BCUT2D eigenvalue weighted by molar-refractivity contribution is 6.32. The Balaban J connectivity index is 2.49.